The summed E-state index contributed by atoms with van der Waals surface area (Å²) in [5, 5.41) is 0. The van der Waals surface area contributed by atoms with Crippen LogP contribution in [0.15, 0.2) is 69.6 Å². The number of hydrogen-bond acceptors (Lipinski definition) is 8. The van der Waals surface area contributed by atoms with Crippen molar-refractivity contribution in [2.75, 3.05) is 34.0 Å². The molecule has 0 radical (unpaired) electrons. The van der Waals surface area contributed by atoms with E-state index in [-0.39, 0.29) is 24.3 Å². The summed E-state index contributed by atoms with van der Waals surface area (Å²) in [6, 6.07) is 14.2. The van der Waals surface area contributed by atoms with Gasteiger partial charge in [-0.05, 0) is 31.1 Å². The van der Waals surface area contributed by atoms with E-state index in [0.29, 0.717) is 38.7 Å². The number of thiazole rings is 1. The molecule has 0 bridgehead atoms. The number of allylic oxidation sites excluding steroid dienone is 1. The lowest BCUT2D eigenvalue weighted by Gasteiger charge is -2.27. The Morgan fingerprint density at radius 3 is 2.57 bits per heavy atom. The normalized spacial score (nSPS) is 15.2. The summed E-state index contributed by atoms with van der Waals surface area (Å²) in [5.41, 5.74) is 2.01. The predicted molar refractivity (Wildman–Crippen MR) is 142 cm³/mol. The molecule has 0 saturated carbocycles. The molecule has 2 heterocycles. The molecule has 194 valence electrons. The Morgan fingerprint density at radius 2 is 1.86 bits per heavy atom. The van der Waals surface area contributed by atoms with Gasteiger partial charge in [0, 0.05) is 12.7 Å². The second kappa shape index (κ2) is 12.0. The molecular weight excluding hydrogens is 492 g/mol. The van der Waals surface area contributed by atoms with E-state index < -0.39 is 12.0 Å². The number of carbonyl (C=O) groups excluding carboxylic acids is 1. The number of fused-ring (bicyclic) bond motifs is 1. The minimum absolute atomic E-state index is 0.0779. The van der Waals surface area contributed by atoms with E-state index in [1.54, 1.807) is 24.7 Å². The number of nitrogens with zero attached hydrogens (tertiary/aromatic N) is 2. The second-order valence-corrected chi connectivity index (χ2v) is 9.36. The monoisotopic (exact) mass is 522 g/mol. The number of aromatic nitrogens is 1. The minimum atomic E-state index is -0.814. The molecule has 0 fully saturated rings. The molecule has 1 atom stereocenters. The van der Waals surface area contributed by atoms with Gasteiger partial charge in [0.1, 0.15) is 12.6 Å². The van der Waals surface area contributed by atoms with Crippen LogP contribution >= 0.6 is 11.3 Å². The molecule has 0 saturated heterocycles. The summed E-state index contributed by atoms with van der Waals surface area (Å²) in [4.78, 5) is 32.4. The van der Waals surface area contributed by atoms with Gasteiger partial charge in [0.25, 0.3) is 5.56 Å². The summed E-state index contributed by atoms with van der Waals surface area (Å²) >= 11 is 1.28. The lowest BCUT2D eigenvalue weighted by molar-refractivity contribution is -0.140. The molecule has 1 aliphatic heterocycles. The molecule has 2 aromatic carbocycles. The van der Waals surface area contributed by atoms with Gasteiger partial charge in [-0.25, -0.2) is 9.79 Å². The van der Waals surface area contributed by atoms with Crippen molar-refractivity contribution < 1.29 is 23.7 Å². The van der Waals surface area contributed by atoms with Gasteiger partial charge in [-0.2, -0.15) is 0 Å². The van der Waals surface area contributed by atoms with Crippen LogP contribution < -0.4 is 24.4 Å². The van der Waals surface area contributed by atoms with Crippen molar-refractivity contribution >= 4 is 23.4 Å². The van der Waals surface area contributed by atoms with E-state index in [2.05, 4.69) is 4.99 Å². The van der Waals surface area contributed by atoms with Crippen LogP contribution in [0.4, 0.5) is 0 Å². The van der Waals surface area contributed by atoms with Gasteiger partial charge in [-0.1, -0.05) is 60.7 Å². The Morgan fingerprint density at radius 1 is 1.08 bits per heavy atom. The van der Waals surface area contributed by atoms with Crippen LogP contribution in [0.2, 0.25) is 0 Å². The Balaban J connectivity index is 1.96. The molecule has 0 unspecified atom stereocenters. The van der Waals surface area contributed by atoms with Crippen LogP contribution in [0.5, 0.6) is 11.5 Å². The lowest BCUT2D eigenvalue weighted by atomic mass is 9.94. The van der Waals surface area contributed by atoms with E-state index in [4.69, 9.17) is 18.9 Å². The van der Waals surface area contributed by atoms with Crippen molar-refractivity contribution in [3.63, 3.8) is 0 Å². The molecule has 8 nitrogen and oxygen atoms in total. The molecular formula is C28H30N2O6S. The Kier molecular flexibility index (Phi) is 8.58. The first kappa shape index (κ1) is 26.4. The topological polar surface area (TPSA) is 88.4 Å². The number of ether oxygens (including phenoxy) is 4. The number of hydrogen-bond donors (Lipinski definition) is 0. The van der Waals surface area contributed by atoms with E-state index in [0.717, 1.165) is 12.0 Å². The van der Waals surface area contributed by atoms with Gasteiger partial charge < -0.3 is 18.9 Å². The Hall–Kier alpha value is -3.69. The minimum Gasteiger partial charge on any atom is -0.493 e. The maximum absolute atomic E-state index is 13.8. The van der Waals surface area contributed by atoms with E-state index in [9.17, 15) is 9.59 Å². The van der Waals surface area contributed by atoms with Crippen LogP contribution in [0.25, 0.3) is 6.08 Å². The largest absolute Gasteiger partial charge is 0.493 e. The fourth-order valence-electron chi connectivity index (χ4n) is 4.14. The number of para-hydroxylation sites is 1. The maximum Gasteiger partial charge on any atom is 0.338 e. The SMILES string of the molecule is CCCOc1c(OC)cccc1[C@@H]1C(C(=O)OCCOC)=C(C)N=c2s/c(=C/c3ccccc3)c(=O)n21. The summed E-state index contributed by atoms with van der Waals surface area (Å²) in [5.74, 6) is 0.426. The standard InChI is InChI=1S/C28H30N2O6S/c1-5-14-35-25-20(12-9-13-21(25)34-4)24-23(27(32)36-16-15-33-3)18(2)29-28-30(24)26(31)22(37-28)17-19-10-7-6-8-11-19/h6-13,17,24H,5,14-16H2,1-4H3/b22-17+/t24-/m1/s1. The quantitative estimate of drug-likeness (QED) is 0.300. The van der Waals surface area contributed by atoms with Crippen LogP contribution in [0.1, 0.15) is 37.4 Å². The molecule has 0 N–H and O–H groups in total. The second-order valence-electron chi connectivity index (χ2n) is 8.35. The van der Waals surface area contributed by atoms with Crippen LogP contribution in [-0.2, 0) is 14.3 Å². The van der Waals surface area contributed by atoms with Crippen molar-refractivity contribution in [3.05, 3.63) is 90.6 Å². The van der Waals surface area contributed by atoms with Crippen LogP contribution in [0, 0.1) is 0 Å². The number of carbonyl (C=O) groups is 1. The van der Waals surface area contributed by atoms with Crippen LogP contribution in [0.3, 0.4) is 0 Å². The molecule has 4 rings (SSSR count). The molecule has 0 amide bonds. The van der Waals surface area contributed by atoms with Crippen LogP contribution in [-0.4, -0.2) is 44.6 Å². The molecule has 1 aromatic heterocycles. The zero-order valence-corrected chi connectivity index (χ0v) is 22.2. The third-order valence-electron chi connectivity index (χ3n) is 5.83. The summed E-state index contributed by atoms with van der Waals surface area (Å²) in [7, 11) is 3.09. The highest BCUT2D eigenvalue weighted by molar-refractivity contribution is 7.07. The zero-order chi connectivity index (χ0) is 26.4. The highest BCUT2D eigenvalue weighted by Crippen LogP contribution is 2.40. The van der Waals surface area contributed by atoms with Crippen molar-refractivity contribution in [1.82, 2.24) is 4.57 Å². The van der Waals surface area contributed by atoms with Crippen molar-refractivity contribution in [3.8, 4) is 11.5 Å². The fourth-order valence-corrected chi connectivity index (χ4v) is 5.19. The molecule has 1 aliphatic rings. The van der Waals surface area contributed by atoms with Gasteiger partial charge in [0.15, 0.2) is 16.3 Å². The van der Waals surface area contributed by atoms with Gasteiger partial charge in [-0.15, -0.1) is 0 Å². The third-order valence-corrected chi connectivity index (χ3v) is 6.82. The number of benzene rings is 2. The van der Waals surface area contributed by atoms with Crippen molar-refractivity contribution in [2.24, 2.45) is 4.99 Å². The molecule has 0 spiro atoms. The van der Waals surface area contributed by atoms with Crippen molar-refractivity contribution in [2.45, 2.75) is 26.3 Å². The maximum atomic E-state index is 13.8. The summed E-state index contributed by atoms with van der Waals surface area (Å²) in [6.45, 7) is 4.53. The fraction of sp³-hybridized carbons (Fsp3) is 0.321. The highest BCUT2D eigenvalue weighted by atomic mass is 32.1. The van der Waals surface area contributed by atoms with Gasteiger partial charge in [0.2, 0.25) is 0 Å². The Bertz CT molecular complexity index is 1470. The average molecular weight is 523 g/mol. The summed E-state index contributed by atoms with van der Waals surface area (Å²) in [6.07, 6.45) is 2.61. The Labute approximate surface area is 219 Å². The van der Waals surface area contributed by atoms with Gasteiger partial charge >= 0.3 is 5.97 Å². The molecule has 37 heavy (non-hydrogen) atoms. The average Bonchev–Trinajstić information content (AvgIpc) is 3.21. The molecule has 9 heteroatoms. The number of rotatable bonds is 10. The first-order valence-corrected chi connectivity index (χ1v) is 12.8. The van der Waals surface area contributed by atoms with Gasteiger partial charge in [-0.3, -0.25) is 9.36 Å². The third kappa shape index (κ3) is 5.52. The van der Waals surface area contributed by atoms with Crippen molar-refractivity contribution in [1.29, 1.82) is 0 Å². The number of esters is 1. The van der Waals surface area contributed by atoms with Gasteiger partial charge in [0.05, 0.1) is 36.1 Å². The van der Waals surface area contributed by atoms with E-state index in [1.165, 1.54) is 18.4 Å². The van der Waals surface area contributed by atoms with E-state index in [1.807, 2.05) is 55.5 Å². The molecule has 0 aliphatic carbocycles. The first-order chi connectivity index (χ1) is 18.0. The lowest BCUT2D eigenvalue weighted by Crippen LogP contribution is -2.40. The number of methoxy groups -OCH3 is 2. The highest BCUT2D eigenvalue weighted by Gasteiger charge is 2.36. The smallest absolute Gasteiger partial charge is 0.338 e. The predicted octanol–water partition coefficient (Wildman–Crippen LogP) is 3.22. The van der Waals surface area contributed by atoms with E-state index >= 15 is 0 Å². The summed E-state index contributed by atoms with van der Waals surface area (Å²) < 4.78 is 24.3. The first-order valence-electron chi connectivity index (χ1n) is 12.0. The zero-order valence-electron chi connectivity index (χ0n) is 21.4. The molecule has 3 aromatic rings.